The maximum absolute atomic E-state index is 13.1. The summed E-state index contributed by atoms with van der Waals surface area (Å²) in [6.45, 7) is 4.31. The van der Waals surface area contributed by atoms with E-state index in [9.17, 15) is 9.67 Å². The predicted molar refractivity (Wildman–Crippen MR) is 118 cm³/mol. The summed E-state index contributed by atoms with van der Waals surface area (Å²) >= 11 is 12.0. The van der Waals surface area contributed by atoms with Gasteiger partial charge in [0.05, 0.1) is 22.8 Å². The Labute approximate surface area is 177 Å². The Morgan fingerprint density at radius 3 is 2.50 bits per heavy atom. The van der Waals surface area contributed by atoms with E-state index in [2.05, 4.69) is 5.32 Å². The number of rotatable bonds is 11. The molecule has 4 nitrogen and oxygen atoms in total. The van der Waals surface area contributed by atoms with E-state index in [-0.39, 0.29) is 12.6 Å². The van der Waals surface area contributed by atoms with Gasteiger partial charge in [0.2, 0.25) is 7.37 Å². The van der Waals surface area contributed by atoms with Crippen LogP contribution in [0.15, 0.2) is 48.5 Å². The standard InChI is InChI=1S/C21H28Cl2NO3P/c1-3-11-28(26,15-17-7-5-4-6-8-17)27-14-19(25)13-24-16(2)18-9-10-20(22)21(23)12-18/h4-10,12,16,19,24-25H,3,11,13-15H2,1-2H3/t16-,19+,28?/m1/s1. The van der Waals surface area contributed by atoms with E-state index >= 15 is 0 Å². The van der Waals surface area contributed by atoms with Crippen molar-refractivity contribution < 1.29 is 14.2 Å². The molecule has 0 radical (unpaired) electrons. The van der Waals surface area contributed by atoms with Gasteiger partial charge in [-0.25, -0.2) is 0 Å². The molecule has 2 aromatic carbocycles. The monoisotopic (exact) mass is 443 g/mol. The van der Waals surface area contributed by atoms with Gasteiger partial charge in [0.1, 0.15) is 0 Å². The Balaban J connectivity index is 1.85. The molecule has 0 aliphatic carbocycles. The Kier molecular flexibility index (Phi) is 9.49. The highest BCUT2D eigenvalue weighted by Crippen LogP contribution is 2.50. The molecule has 0 spiro atoms. The van der Waals surface area contributed by atoms with E-state index in [0.29, 0.717) is 28.9 Å². The summed E-state index contributed by atoms with van der Waals surface area (Å²) < 4.78 is 18.9. The maximum Gasteiger partial charge on any atom is 0.207 e. The van der Waals surface area contributed by atoms with Crippen molar-refractivity contribution >= 4 is 30.6 Å². The smallest absolute Gasteiger partial charge is 0.207 e. The van der Waals surface area contributed by atoms with E-state index in [0.717, 1.165) is 17.5 Å². The lowest BCUT2D eigenvalue weighted by Gasteiger charge is -2.22. The second-order valence-corrected chi connectivity index (χ2v) is 10.4. The highest BCUT2D eigenvalue weighted by atomic mass is 35.5. The van der Waals surface area contributed by atoms with Crippen molar-refractivity contribution in [3.63, 3.8) is 0 Å². The number of aliphatic hydroxyl groups is 1. The van der Waals surface area contributed by atoms with Crippen LogP contribution in [0.5, 0.6) is 0 Å². The molecule has 0 amide bonds. The Bertz CT molecular complexity index is 788. The van der Waals surface area contributed by atoms with Gasteiger partial charge in [0.25, 0.3) is 0 Å². The van der Waals surface area contributed by atoms with Crippen molar-refractivity contribution in [2.45, 2.75) is 38.6 Å². The van der Waals surface area contributed by atoms with Gasteiger partial charge in [-0.2, -0.15) is 0 Å². The summed E-state index contributed by atoms with van der Waals surface area (Å²) in [5.74, 6) is 0. The minimum atomic E-state index is -2.83. The highest BCUT2D eigenvalue weighted by molar-refractivity contribution is 7.58. The summed E-state index contributed by atoms with van der Waals surface area (Å²) in [5, 5.41) is 14.5. The quantitative estimate of drug-likeness (QED) is 0.423. The number of hydrogen-bond donors (Lipinski definition) is 2. The molecular formula is C21H28Cl2NO3P. The van der Waals surface area contributed by atoms with E-state index in [4.69, 9.17) is 27.7 Å². The zero-order valence-electron chi connectivity index (χ0n) is 16.3. The van der Waals surface area contributed by atoms with Crippen molar-refractivity contribution in [1.29, 1.82) is 0 Å². The highest BCUT2D eigenvalue weighted by Gasteiger charge is 2.24. The number of halogens is 2. The van der Waals surface area contributed by atoms with Crippen molar-refractivity contribution in [2.24, 2.45) is 0 Å². The maximum atomic E-state index is 13.1. The second kappa shape index (κ2) is 11.3. The van der Waals surface area contributed by atoms with Crippen molar-refractivity contribution in [2.75, 3.05) is 19.3 Å². The van der Waals surface area contributed by atoms with E-state index in [1.54, 1.807) is 12.1 Å². The van der Waals surface area contributed by atoms with Gasteiger partial charge in [0, 0.05) is 24.9 Å². The van der Waals surface area contributed by atoms with Gasteiger partial charge >= 0.3 is 0 Å². The predicted octanol–water partition coefficient (Wildman–Crippen LogP) is 5.91. The summed E-state index contributed by atoms with van der Waals surface area (Å²) in [4.78, 5) is 0. The molecule has 0 aliphatic rings. The molecular weight excluding hydrogens is 416 g/mol. The van der Waals surface area contributed by atoms with Gasteiger partial charge in [0.15, 0.2) is 0 Å². The van der Waals surface area contributed by atoms with Crippen LogP contribution in [0.3, 0.4) is 0 Å². The number of aliphatic hydroxyl groups excluding tert-OH is 1. The van der Waals surface area contributed by atoms with Crippen molar-refractivity contribution in [1.82, 2.24) is 5.32 Å². The molecule has 0 heterocycles. The van der Waals surface area contributed by atoms with Crippen LogP contribution in [0, 0.1) is 0 Å². The zero-order chi connectivity index (χ0) is 20.6. The fraction of sp³-hybridized carbons (Fsp3) is 0.429. The molecule has 0 aliphatic heterocycles. The minimum absolute atomic E-state index is 0.0174. The fourth-order valence-electron chi connectivity index (χ4n) is 2.88. The van der Waals surface area contributed by atoms with Gasteiger partial charge in [-0.15, -0.1) is 0 Å². The molecule has 2 rings (SSSR count). The van der Waals surface area contributed by atoms with Crippen molar-refractivity contribution in [3.8, 4) is 0 Å². The molecule has 0 bridgehead atoms. The van der Waals surface area contributed by atoms with Crippen LogP contribution < -0.4 is 5.32 Å². The summed E-state index contributed by atoms with van der Waals surface area (Å²) in [6.07, 6.45) is 0.905. The van der Waals surface area contributed by atoms with Crippen LogP contribution in [0.2, 0.25) is 10.0 Å². The van der Waals surface area contributed by atoms with Crippen LogP contribution in [0.4, 0.5) is 0 Å². The average Bonchev–Trinajstić information content (AvgIpc) is 2.67. The third kappa shape index (κ3) is 7.51. The van der Waals surface area contributed by atoms with Gasteiger partial charge < -0.3 is 14.9 Å². The summed E-state index contributed by atoms with van der Waals surface area (Å²) in [5.41, 5.74) is 1.96. The first-order chi connectivity index (χ1) is 13.3. The van der Waals surface area contributed by atoms with E-state index in [1.165, 1.54) is 0 Å². The van der Waals surface area contributed by atoms with Crippen LogP contribution in [-0.4, -0.2) is 30.5 Å². The van der Waals surface area contributed by atoms with Crippen LogP contribution in [0.25, 0.3) is 0 Å². The molecule has 0 fully saturated rings. The van der Waals surface area contributed by atoms with Gasteiger partial charge in [-0.1, -0.05) is 66.5 Å². The lowest BCUT2D eigenvalue weighted by molar-refractivity contribution is 0.105. The Hall–Kier alpha value is -0.870. The van der Waals surface area contributed by atoms with Crippen LogP contribution in [-0.2, 0) is 15.3 Å². The molecule has 2 N–H and O–H groups in total. The number of hydrogen-bond acceptors (Lipinski definition) is 4. The fourth-order valence-corrected chi connectivity index (χ4v) is 5.46. The topological polar surface area (TPSA) is 58.6 Å². The third-order valence-corrected chi connectivity index (χ3v) is 7.77. The first kappa shape index (κ1) is 23.4. The second-order valence-electron chi connectivity index (χ2n) is 6.93. The summed E-state index contributed by atoms with van der Waals surface area (Å²) in [7, 11) is -2.83. The first-order valence-electron chi connectivity index (χ1n) is 9.46. The van der Waals surface area contributed by atoms with Crippen LogP contribution in [0.1, 0.15) is 37.4 Å². The number of benzene rings is 2. The molecule has 0 saturated heterocycles. The van der Waals surface area contributed by atoms with E-state index in [1.807, 2.05) is 50.2 Å². The zero-order valence-corrected chi connectivity index (χ0v) is 18.7. The van der Waals surface area contributed by atoms with Crippen LogP contribution >= 0.6 is 30.6 Å². The SMILES string of the molecule is CCCP(=O)(Cc1ccccc1)OC[C@@H](O)CN[C@H](C)c1ccc(Cl)c(Cl)c1. The lowest BCUT2D eigenvalue weighted by Crippen LogP contribution is -2.32. The number of nitrogens with one attached hydrogen (secondary N) is 1. The van der Waals surface area contributed by atoms with Gasteiger partial charge in [-0.3, -0.25) is 4.57 Å². The lowest BCUT2D eigenvalue weighted by atomic mass is 10.1. The third-order valence-electron chi connectivity index (χ3n) is 4.44. The van der Waals surface area contributed by atoms with E-state index < -0.39 is 13.5 Å². The minimum Gasteiger partial charge on any atom is -0.389 e. The summed E-state index contributed by atoms with van der Waals surface area (Å²) in [6, 6.07) is 15.1. The Morgan fingerprint density at radius 2 is 1.86 bits per heavy atom. The van der Waals surface area contributed by atoms with Crippen molar-refractivity contribution in [3.05, 3.63) is 69.7 Å². The molecule has 28 heavy (non-hydrogen) atoms. The molecule has 7 heteroatoms. The average molecular weight is 444 g/mol. The first-order valence-corrected chi connectivity index (χ1v) is 12.2. The molecule has 0 saturated carbocycles. The molecule has 1 unspecified atom stereocenters. The molecule has 3 atom stereocenters. The molecule has 0 aromatic heterocycles. The normalized spacial score (nSPS) is 15.8. The molecule has 154 valence electrons. The molecule has 2 aromatic rings. The Morgan fingerprint density at radius 1 is 1.14 bits per heavy atom. The largest absolute Gasteiger partial charge is 0.389 e. The van der Waals surface area contributed by atoms with Gasteiger partial charge in [-0.05, 0) is 36.6 Å².